The van der Waals surface area contributed by atoms with Crippen LogP contribution in [0.15, 0.2) is 4.52 Å². The third kappa shape index (κ3) is 3.93. The Bertz CT molecular complexity index is 374. The second-order valence-electron chi connectivity index (χ2n) is 5.85. The van der Waals surface area contributed by atoms with Gasteiger partial charge in [-0.05, 0) is 6.92 Å². The van der Waals surface area contributed by atoms with E-state index < -0.39 is 0 Å². The van der Waals surface area contributed by atoms with Crippen LogP contribution in [0.4, 0.5) is 0 Å². The van der Waals surface area contributed by atoms with Crippen molar-refractivity contribution < 1.29 is 4.52 Å². The van der Waals surface area contributed by atoms with E-state index in [-0.39, 0.29) is 17.8 Å². The number of aromatic nitrogens is 2. The van der Waals surface area contributed by atoms with Gasteiger partial charge in [-0.15, -0.1) is 12.4 Å². The molecule has 0 saturated carbocycles. The van der Waals surface area contributed by atoms with Crippen molar-refractivity contribution >= 4 is 12.4 Å². The van der Waals surface area contributed by atoms with E-state index in [4.69, 9.17) is 4.52 Å². The number of nitrogens with one attached hydrogen (secondary N) is 1. The summed E-state index contributed by atoms with van der Waals surface area (Å²) in [6, 6.07) is 0.536. The van der Waals surface area contributed by atoms with Gasteiger partial charge in [0.2, 0.25) is 5.89 Å². The van der Waals surface area contributed by atoms with Crippen LogP contribution in [0.1, 0.15) is 39.4 Å². The summed E-state index contributed by atoms with van der Waals surface area (Å²) in [5, 5.41) is 7.46. The van der Waals surface area contributed by atoms with Gasteiger partial charge in [0.1, 0.15) is 0 Å². The minimum absolute atomic E-state index is 0. The van der Waals surface area contributed by atoms with E-state index in [0.29, 0.717) is 6.04 Å². The first-order valence-corrected chi connectivity index (χ1v) is 6.24. The molecule has 0 aliphatic carbocycles. The molecule has 1 aliphatic heterocycles. The molecule has 18 heavy (non-hydrogen) atoms. The Hall–Kier alpha value is -0.650. The summed E-state index contributed by atoms with van der Waals surface area (Å²) in [6.45, 7) is 12.3. The molecule has 0 aromatic carbocycles. The Labute approximate surface area is 115 Å². The zero-order valence-electron chi connectivity index (χ0n) is 11.6. The molecule has 1 aromatic heterocycles. The summed E-state index contributed by atoms with van der Waals surface area (Å²) >= 11 is 0. The van der Waals surface area contributed by atoms with Gasteiger partial charge in [-0.25, -0.2) is 0 Å². The van der Waals surface area contributed by atoms with Gasteiger partial charge in [0.15, 0.2) is 5.82 Å². The Kier molecular flexibility index (Phi) is 5.13. The number of hydrogen-bond acceptors (Lipinski definition) is 5. The molecule has 2 rings (SSSR count). The first-order valence-electron chi connectivity index (χ1n) is 6.24. The second kappa shape index (κ2) is 5.99. The van der Waals surface area contributed by atoms with Crippen LogP contribution in [0.2, 0.25) is 0 Å². The van der Waals surface area contributed by atoms with Gasteiger partial charge in [-0.1, -0.05) is 25.9 Å². The van der Waals surface area contributed by atoms with Gasteiger partial charge in [-0.3, -0.25) is 4.90 Å². The van der Waals surface area contributed by atoms with Crippen molar-refractivity contribution in [3.8, 4) is 0 Å². The number of halogens is 1. The van der Waals surface area contributed by atoms with E-state index in [2.05, 4.69) is 48.1 Å². The number of nitrogens with zero attached hydrogens (tertiary/aromatic N) is 3. The minimum Gasteiger partial charge on any atom is -0.338 e. The third-order valence-corrected chi connectivity index (χ3v) is 2.95. The summed E-state index contributed by atoms with van der Waals surface area (Å²) < 4.78 is 5.31. The average Bonchev–Trinajstić information content (AvgIpc) is 2.65. The smallest absolute Gasteiger partial charge is 0.240 e. The van der Waals surface area contributed by atoms with E-state index in [1.54, 1.807) is 0 Å². The van der Waals surface area contributed by atoms with E-state index in [1.807, 2.05) is 0 Å². The van der Waals surface area contributed by atoms with Crippen molar-refractivity contribution in [2.75, 3.05) is 19.6 Å². The molecule has 1 fully saturated rings. The van der Waals surface area contributed by atoms with Crippen LogP contribution in [0, 0.1) is 0 Å². The molecule has 1 atom stereocenters. The lowest BCUT2D eigenvalue weighted by atomic mass is 9.96. The van der Waals surface area contributed by atoms with Crippen LogP contribution in [0.25, 0.3) is 0 Å². The van der Waals surface area contributed by atoms with E-state index in [1.165, 1.54) is 0 Å². The molecule has 1 unspecified atom stereocenters. The summed E-state index contributed by atoms with van der Waals surface area (Å²) in [5.41, 5.74) is -0.0432. The highest BCUT2D eigenvalue weighted by Gasteiger charge is 2.23. The summed E-state index contributed by atoms with van der Waals surface area (Å²) in [6.07, 6.45) is 0. The zero-order chi connectivity index (χ0) is 12.5. The largest absolute Gasteiger partial charge is 0.338 e. The lowest BCUT2D eigenvalue weighted by molar-refractivity contribution is 0.177. The minimum atomic E-state index is -0.0432. The predicted molar refractivity (Wildman–Crippen MR) is 73.0 cm³/mol. The van der Waals surface area contributed by atoms with Crippen molar-refractivity contribution in [3.63, 3.8) is 0 Å². The van der Waals surface area contributed by atoms with Gasteiger partial charge in [0.25, 0.3) is 0 Å². The lowest BCUT2D eigenvalue weighted by Gasteiger charge is -2.30. The molecule has 1 N–H and O–H groups in total. The fourth-order valence-corrected chi connectivity index (χ4v) is 1.97. The molecule has 5 nitrogen and oxygen atoms in total. The fourth-order valence-electron chi connectivity index (χ4n) is 1.97. The number of piperazine rings is 1. The molecular weight excluding hydrogens is 252 g/mol. The van der Waals surface area contributed by atoms with Crippen LogP contribution in [-0.2, 0) is 12.0 Å². The molecule has 6 heteroatoms. The van der Waals surface area contributed by atoms with Gasteiger partial charge in [-0.2, -0.15) is 4.98 Å². The summed E-state index contributed by atoms with van der Waals surface area (Å²) in [7, 11) is 0. The molecular formula is C12H23ClN4O. The molecule has 2 heterocycles. The normalized spacial score (nSPS) is 21.7. The summed E-state index contributed by atoms with van der Waals surface area (Å²) in [4.78, 5) is 6.81. The van der Waals surface area contributed by atoms with Crippen LogP contribution >= 0.6 is 12.4 Å². The molecule has 104 valence electrons. The SMILES string of the molecule is CC1CN(Cc2nc(C(C)(C)C)no2)CCN1.Cl. The highest BCUT2D eigenvalue weighted by molar-refractivity contribution is 5.85. The van der Waals surface area contributed by atoms with Crippen molar-refractivity contribution in [1.82, 2.24) is 20.4 Å². The van der Waals surface area contributed by atoms with E-state index in [9.17, 15) is 0 Å². The molecule has 1 saturated heterocycles. The van der Waals surface area contributed by atoms with Crippen molar-refractivity contribution in [1.29, 1.82) is 0 Å². The van der Waals surface area contributed by atoms with Crippen LogP contribution < -0.4 is 5.32 Å². The maximum absolute atomic E-state index is 5.31. The van der Waals surface area contributed by atoms with Crippen LogP contribution in [0.3, 0.4) is 0 Å². The highest BCUT2D eigenvalue weighted by atomic mass is 35.5. The molecule has 0 bridgehead atoms. The van der Waals surface area contributed by atoms with Crippen LogP contribution in [0.5, 0.6) is 0 Å². The fraction of sp³-hybridized carbons (Fsp3) is 0.833. The highest BCUT2D eigenvalue weighted by Crippen LogP contribution is 2.19. The Balaban J connectivity index is 0.00000162. The van der Waals surface area contributed by atoms with Gasteiger partial charge in [0.05, 0.1) is 6.54 Å². The van der Waals surface area contributed by atoms with Crippen molar-refractivity contribution in [3.05, 3.63) is 11.7 Å². The quantitative estimate of drug-likeness (QED) is 0.887. The maximum Gasteiger partial charge on any atom is 0.240 e. The van der Waals surface area contributed by atoms with Crippen LogP contribution in [-0.4, -0.2) is 40.7 Å². The third-order valence-electron chi connectivity index (χ3n) is 2.95. The number of rotatable bonds is 2. The second-order valence-corrected chi connectivity index (χ2v) is 5.85. The Morgan fingerprint density at radius 1 is 1.44 bits per heavy atom. The maximum atomic E-state index is 5.31. The monoisotopic (exact) mass is 274 g/mol. The molecule has 1 aromatic rings. The first kappa shape index (κ1) is 15.4. The first-order chi connectivity index (χ1) is 7.95. The zero-order valence-corrected chi connectivity index (χ0v) is 12.4. The standard InChI is InChI=1S/C12H22N4O.ClH/c1-9-7-16(6-5-13-9)8-10-14-11(15-17-10)12(2,3)4;/h9,13H,5-8H2,1-4H3;1H. The predicted octanol–water partition coefficient (Wildman–Crippen LogP) is 1.58. The summed E-state index contributed by atoms with van der Waals surface area (Å²) in [5.74, 6) is 1.51. The van der Waals surface area contributed by atoms with Gasteiger partial charge >= 0.3 is 0 Å². The molecule has 1 aliphatic rings. The van der Waals surface area contributed by atoms with Gasteiger partial charge < -0.3 is 9.84 Å². The molecule has 0 radical (unpaired) electrons. The number of hydrogen-bond donors (Lipinski definition) is 1. The van der Waals surface area contributed by atoms with E-state index in [0.717, 1.165) is 37.9 Å². The van der Waals surface area contributed by atoms with Crippen molar-refractivity contribution in [2.45, 2.75) is 45.7 Å². The Morgan fingerprint density at radius 2 is 2.17 bits per heavy atom. The lowest BCUT2D eigenvalue weighted by Crippen LogP contribution is -2.48. The van der Waals surface area contributed by atoms with Gasteiger partial charge in [0, 0.05) is 31.1 Å². The van der Waals surface area contributed by atoms with Crippen molar-refractivity contribution in [2.24, 2.45) is 0 Å². The van der Waals surface area contributed by atoms with E-state index >= 15 is 0 Å². The molecule has 0 amide bonds. The average molecular weight is 275 g/mol. The Morgan fingerprint density at radius 3 is 2.72 bits per heavy atom. The topological polar surface area (TPSA) is 54.2 Å². The molecule has 0 spiro atoms.